The van der Waals surface area contributed by atoms with Gasteiger partial charge in [-0.15, -0.1) is 0 Å². The van der Waals surface area contributed by atoms with Crippen LogP contribution in [0.15, 0.2) is 88.4 Å². The number of primary amides is 1. The van der Waals surface area contributed by atoms with Gasteiger partial charge in [0.15, 0.2) is 0 Å². The minimum atomic E-state index is -4.04. The van der Waals surface area contributed by atoms with Gasteiger partial charge >= 0.3 is 0 Å². The molecule has 3 aromatic carbocycles. The summed E-state index contributed by atoms with van der Waals surface area (Å²) in [6.45, 7) is 0. The number of hydrogen-bond acceptors (Lipinski definition) is 5. The van der Waals surface area contributed by atoms with Crippen LogP contribution in [-0.2, 0) is 10.0 Å². The summed E-state index contributed by atoms with van der Waals surface area (Å²) in [4.78, 5) is 16.2. The molecular formula is C22H16BrN3O4S. The number of anilines is 1. The van der Waals surface area contributed by atoms with Gasteiger partial charge in [0.1, 0.15) is 16.4 Å². The highest BCUT2D eigenvalue weighted by Crippen LogP contribution is 2.30. The van der Waals surface area contributed by atoms with Crippen molar-refractivity contribution in [3.63, 3.8) is 0 Å². The predicted molar refractivity (Wildman–Crippen MR) is 122 cm³/mol. The number of carbonyl (C=O) groups is 1. The molecule has 1 amide bonds. The Kier molecular flexibility index (Phi) is 5.62. The highest BCUT2D eigenvalue weighted by Gasteiger charge is 2.21. The molecule has 0 atom stereocenters. The summed E-state index contributed by atoms with van der Waals surface area (Å²) in [5.74, 6) is 0.0788. The summed E-state index contributed by atoms with van der Waals surface area (Å²) in [6.07, 6.45) is 1.52. The van der Waals surface area contributed by atoms with Crippen molar-refractivity contribution in [3.8, 4) is 11.5 Å². The first kappa shape index (κ1) is 20.8. The van der Waals surface area contributed by atoms with E-state index in [1.165, 1.54) is 24.4 Å². The summed E-state index contributed by atoms with van der Waals surface area (Å²) < 4.78 is 35.2. The molecule has 0 fully saturated rings. The van der Waals surface area contributed by atoms with Crippen molar-refractivity contribution in [2.75, 3.05) is 4.72 Å². The van der Waals surface area contributed by atoms with E-state index >= 15 is 0 Å². The fraction of sp³-hybridized carbons (Fsp3) is 0. The number of nitrogens with one attached hydrogen (secondary N) is 1. The second-order valence-corrected chi connectivity index (χ2v) is 9.13. The van der Waals surface area contributed by atoms with Crippen LogP contribution in [0.2, 0.25) is 0 Å². The number of sulfonamides is 1. The number of benzene rings is 3. The topological polar surface area (TPSA) is 111 Å². The zero-order valence-electron chi connectivity index (χ0n) is 15.9. The average molecular weight is 498 g/mol. The number of amides is 1. The van der Waals surface area contributed by atoms with E-state index in [4.69, 9.17) is 10.5 Å². The molecule has 1 heterocycles. The van der Waals surface area contributed by atoms with Crippen LogP contribution in [-0.4, -0.2) is 19.3 Å². The van der Waals surface area contributed by atoms with E-state index in [0.29, 0.717) is 22.4 Å². The third-order valence-electron chi connectivity index (χ3n) is 4.42. The van der Waals surface area contributed by atoms with Crippen LogP contribution in [0.25, 0.3) is 10.9 Å². The smallest absolute Gasteiger partial charge is 0.264 e. The number of para-hydroxylation sites is 1. The van der Waals surface area contributed by atoms with E-state index in [2.05, 4.69) is 25.6 Å². The van der Waals surface area contributed by atoms with E-state index in [0.717, 1.165) is 4.47 Å². The lowest BCUT2D eigenvalue weighted by Gasteiger charge is -2.14. The molecule has 0 saturated carbocycles. The van der Waals surface area contributed by atoms with Gasteiger partial charge in [-0.05, 0) is 48.5 Å². The first-order valence-electron chi connectivity index (χ1n) is 9.07. The Morgan fingerprint density at radius 2 is 1.71 bits per heavy atom. The van der Waals surface area contributed by atoms with E-state index < -0.39 is 15.9 Å². The molecule has 0 unspecified atom stereocenters. The number of nitrogens with two attached hydrogens (primary N) is 1. The standard InChI is InChI=1S/C22H16BrN3O4S/c23-15-6-2-7-16(12-15)30-17-9-10-19(18(13-17)22(24)27)26-31(28,29)20-8-1-4-14-5-3-11-25-21(14)20/h1-13,26H,(H2,24,27). The highest BCUT2D eigenvalue weighted by atomic mass is 79.9. The van der Waals surface area contributed by atoms with Crippen molar-refractivity contribution in [1.29, 1.82) is 0 Å². The number of pyridine rings is 1. The van der Waals surface area contributed by atoms with Gasteiger partial charge < -0.3 is 10.5 Å². The van der Waals surface area contributed by atoms with Crippen LogP contribution in [0.1, 0.15) is 10.4 Å². The van der Waals surface area contributed by atoms with Crippen LogP contribution < -0.4 is 15.2 Å². The van der Waals surface area contributed by atoms with E-state index in [1.807, 2.05) is 6.07 Å². The van der Waals surface area contributed by atoms with Gasteiger partial charge in [0, 0.05) is 16.1 Å². The minimum Gasteiger partial charge on any atom is -0.457 e. The number of aromatic nitrogens is 1. The molecule has 156 valence electrons. The lowest BCUT2D eigenvalue weighted by atomic mass is 10.1. The van der Waals surface area contributed by atoms with Gasteiger partial charge in [0.2, 0.25) is 0 Å². The normalized spacial score (nSPS) is 11.3. The van der Waals surface area contributed by atoms with Gasteiger partial charge in [-0.1, -0.05) is 40.2 Å². The first-order chi connectivity index (χ1) is 14.8. The van der Waals surface area contributed by atoms with Crippen LogP contribution in [0.5, 0.6) is 11.5 Å². The number of fused-ring (bicyclic) bond motifs is 1. The predicted octanol–water partition coefficient (Wildman–Crippen LogP) is 4.69. The van der Waals surface area contributed by atoms with Crippen LogP contribution in [0.4, 0.5) is 5.69 Å². The Bertz CT molecular complexity index is 1400. The quantitative estimate of drug-likeness (QED) is 0.401. The molecule has 0 bridgehead atoms. The van der Waals surface area contributed by atoms with Gasteiger partial charge in [-0.25, -0.2) is 8.42 Å². The molecule has 4 aromatic rings. The number of ether oxygens (including phenoxy) is 1. The number of nitrogens with zero attached hydrogens (tertiary/aromatic N) is 1. The Labute approximate surface area is 187 Å². The molecule has 31 heavy (non-hydrogen) atoms. The van der Waals surface area contributed by atoms with Gasteiger partial charge in [0.05, 0.1) is 16.8 Å². The lowest BCUT2D eigenvalue weighted by molar-refractivity contribution is 0.100. The fourth-order valence-corrected chi connectivity index (χ4v) is 4.68. The second-order valence-electron chi connectivity index (χ2n) is 6.57. The summed E-state index contributed by atoms with van der Waals surface area (Å²) in [5, 5.41) is 0.679. The molecule has 9 heteroatoms. The van der Waals surface area contributed by atoms with Crippen LogP contribution >= 0.6 is 15.9 Å². The van der Waals surface area contributed by atoms with E-state index in [9.17, 15) is 13.2 Å². The van der Waals surface area contributed by atoms with Crippen LogP contribution in [0, 0.1) is 0 Å². The number of hydrogen-bond donors (Lipinski definition) is 2. The average Bonchev–Trinajstić information content (AvgIpc) is 2.74. The van der Waals surface area contributed by atoms with Crippen molar-refractivity contribution in [2.45, 2.75) is 4.90 Å². The molecule has 0 radical (unpaired) electrons. The number of rotatable bonds is 6. The first-order valence-corrected chi connectivity index (χ1v) is 11.3. The molecule has 4 rings (SSSR count). The van der Waals surface area contributed by atoms with Gasteiger partial charge in [-0.2, -0.15) is 0 Å². The van der Waals surface area contributed by atoms with Crippen molar-refractivity contribution < 1.29 is 17.9 Å². The highest BCUT2D eigenvalue weighted by molar-refractivity contribution is 9.10. The Hall–Kier alpha value is -3.43. The molecule has 0 aliphatic heterocycles. The second kappa shape index (κ2) is 8.37. The van der Waals surface area contributed by atoms with Crippen LogP contribution in [0.3, 0.4) is 0 Å². The van der Waals surface area contributed by atoms with E-state index in [1.54, 1.807) is 48.5 Å². The third kappa shape index (κ3) is 4.52. The third-order valence-corrected chi connectivity index (χ3v) is 6.31. The van der Waals surface area contributed by atoms with Gasteiger partial charge in [-0.3, -0.25) is 14.5 Å². The SMILES string of the molecule is NC(=O)c1cc(Oc2cccc(Br)c2)ccc1NS(=O)(=O)c1cccc2cccnc12. The summed E-state index contributed by atoms with van der Waals surface area (Å²) in [5.41, 5.74) is 5.85. The van der Waals surface area contributed by atoms with Crippen molar-refractivity contribution >= 4 is 48.5 Å². The molecular weight excluding hydrogens is 482 g/mol. The largest absolute Gasteiger partial charge is 0.457 e. The Morgan fingerprint density at radius 3 is 2.48 bits per heavy atom. The molecule has 0 aliphatic carbocycles. The van der Waals surface area contributed by atoms with Gasteiger partial charge in [0.25, 0.3) is 15.9 Å². The lowest BCUT2D eigenvalue weighted by Crippen LogP contribution is -2.19. The summed E-state index contributed by atoms with van der Waals surface area (Å²) in [7, 11) is -4.04. The maximum Gasteiger partial charge on any atom is 0.264 e. The molecule has 1 aromatic heterocycles. The maximum absolute atomic E-state index is 13.1. The molecule has 3 N–H and O–H groups in total. The zero-order valence-corrected chi connectivity index (χ0v) is 18.4. The van der Waals surface area contributed by atoms with Crippen molar-refractivity contribution in [2.24, 2.45) is 5.73 Å². The van der Waals surface area contributed by atoms with Crippen molar-refractivity contribution in [1.82, 2.24) is 4.98 Å². The fourth-order valence-electron chi connectivity index (χ4n) is 3.04. The molecule has 0 saturated heterocycles. The Morgan fingerprint density at radius 1 is 0.968 bits per heavy atom. The number of halogens is 1. The monoisotopic (exact) mass is 497 g/mol. The number of carbonyl (C=O) groups excluding carboxylic acids is 1. The minimum absolute atomic E-state index is 0.00418. The molecule has 0 spiro atoms. The zero-order chi connectivity index (χ0) is 22.0. The summed E-state index contributed by atoms with van der Waals surface area (Å²) >= 11 is 3.36. The van der Waals surface area contributed by atoms with Crippen molar-refractivity contribution in [3.05, 3.63) is 89.0 Å². The Balaban J connectivity index is 1.69. The summed E-state index contributed by atoms with van der Waals surface area (Å²) in [6, 6.07) is 19.9. The van der Waals surface area contributed by atoms with E-state index in [-0.39, 0.29) is 16.1 Å². The molecule has 7 nitrogen and oxygen atoms in total. The maximum atomic E-state index is 13.1. The molecule has 0 aliphatic rings.